The number of fused-ring (bicyclic) bond motifs is 1. The number of carbonyl (C=O) groups excluding carboxylic acids is 1. The van der Waals surface area contributed by atoms with Crippen LogP contribution in [0.2, 0.25) is 0 Å². The summed E-state index contributed by atoms with van der Waals surface area (Å²) in [6, 6.07) is 16.0. The smallest absolute Gasteiger partial charge is 0.309 e. The molecule has 2 atom stereocenters. The van der Waals surface area contributed by atoms with Gasteiger partial charge in [-0.05, 0) is 73.9 Å². The molecule has 36 heavy (non-hydrogen) atoms. The van der Waals surface area contributed by atoms with E-state index in [0.29, 0.717) is 36.9 Å². The van der Waals surface area contributed by atoms with Crippen LogP contribution in [0.5, 0.6) is 0 Å². The summed E-state index contributed by atoms with van der Waals surface area (Å²) in [7, 11) is 0. The average molecular weight is 485 g/mol. The molecule has 1 aromatic heterocycles. The first-order valence-corrected chi connectivity index (χ1v) is 12.5. The molecule has 0 bridgehead atoms. The van der Waals surface area contributed by atoms with Gasteiger partial charge in [-0.2, -0.15) is 0 Å². The molecule has 2 heterocycles. The number of nitrogens with zero attached hydrogens (tertiary/aromatic N) is 2. The third kappa shape index (κ3) is 4.72. The molecule has 1 fully saturated rings. The Morgan fingerprint density at radius 3 is 2.75 bits per heavy atom. The predicted octanol–water partition coefficient (Wildman–Crippen LogP) is 5.96. The monoisotopic (exact) mass is 484 g/mol. The third-order valence-corrected chi connectivity index (χ3v) is 7.63. The van der Waals surface area contributed by atoms with E-state index >= 15 is 0 Å². The van der Waals surface area contributed by atoms with E-state index < -0.39 is 11.4 Å². The highest BCUT2D eigenvalue weighted by Gasteiger charge is 2.43. The summed E-state index contributed by atoms with van der Waals surface area (Å²) in [5.74, 6) is -1.34. The van der Waals surface area contributed by atoms with Gasteiger partial charge in [0, 0.05) is 35.0 Å². The van der Waals surface area contributed by atoms with Crippen LogP contribution < -0.4 is 0 Å². The zero-order valence-electron chi connectivity index (χ0n) is 20.3. The van der Waals surface area contributed by atoms with Crippen molar-refractivity contribution in [3.05, 3.63) is 100 Å². The number of carbonyl (C=O) groups is 2. The number of pyridine rings is 1. The molecule has 0 saturated heterocycles. The van der Waals surface area contributed by atoms with Gasteiger partial charge >= 0.3 is 5.97 Å². The van der Waals surface area contributed by atoms with Gasteiger partial charge in [-0.3, -0.25) is 19.6 Å². The molecule has 3 aromatic rings. The van der Waals surface area contributed by atoms with E-state index in [9.17, 15) is 19.1 Å². The number of carboxylic acids is 1. The summed E-state index contributed by atoms with van der Waals surface area (Å²) in [5, 5.41) is 10.1. The molecule has 0 radical (unpaired) electrons. The van der Waals surface area contributed by atoms with Gasteiger partial charge in [0.1, 0.15) is 5.82 Å². The molecular formula is C30H29FN2O3. The number of ketones is 1. The Morgan fingerprint density at radius 1 is 1.14 bits per heavy atom. The van der Waals surface area contributed by atoms with Gasteiger partial charge in [-0.15, -0.1) is 0 Å². The fourth-order valence-electron chi connectivity index (χ4n) is 5.77. The first-order chi connectivity index (χ1) is 17.3. The number of carboxylic acid groups (broad SMARTS) is 1. The molecule has 0 spiro atoms. The molecule has 1 N–H and O–H groups in total. The molecule has 2 unspecified atom stereocenters. The summed E-state index contributed by atoms with van der Waals surface area (Å²) in [6.07, 6.45) is 4.56. The quantitative estimate of drug-likeness (QED) is 0.420. The highest BCUT2D eigenvalue weighted by molar-refractivity contribution is 6.16. The molecule has 5 nitrogen and oxygen atoms in total. The molecule has 1 saturated carbocycles. The number of Topliss-reactive ketones (excluding diaryl/α,β-unsaturated/α-hetero) is 1. The largest absolute Gasteiger partial charge is 0.481 e. The van der Waals surface area contributed by atoms with E-state index in [1.54, 1.807) is 24.4 Å². The van der Waals surface area contributed by atoms with Crippen molar-refractivity contribution >= 4 is 17.5 Å². The second-order valence-electron chi connectivity index (χ2n) is 10.2. The van der Waals surface area contributed by atoms with Gasteiger partial charge in [0.25, 0.3) is 0 Å². The van der Waals surface area contributed by atoms with Crippen molar-refractivity contribution in [2.75, 3.05) is 0 Å². The zero-order chi connectivity index (χ0) is 25.3. The number of hydrogen-bond acceptors (Lipinski definition) is 4. The summed E-state index contributed by atoms with van der Waals surface area (Å²) < 4.78 is 14.3. The van der Waals surface area contributed by atoms with E-state index in [1.807, 2.05) is 37.3 Å². The lowest BCUT2D eigenvalue weighted by atomic mass is 9.65. The van der Waals surface area contributed by atoms with Gasteiger partial charge in [-0.25, -0.2) is 4.39 Å². The Bertz CT molecular complexity index is 1370. The highest BCUT2D eigenvalue weighted by Crippen LogP contribution is 2.44. The summed E-state index contributed by atoms with van der Waals surface area (Å²) in [4.78, 5) is 34.7. The highest BCUT2D eigenvalue weighted by atomic mass is 19.1. The summed E-state index contributed by atoms with van der Waals surface area (Å²) in [5.41, 5.74) is 4.81. The number of benzene rings is 2. The van der Waals surface area contributed by atoms with E-state index in [2.05, 4.69) is 4.98 Å². The minimum absolute atomic E-state index is 0.00652. The van der Waals surface area contributed by atoms with Crippen LogP contribution >= 0.6 is 0 Å². The van der Waals surface area contributed by atoms with E-state index in [1.165, 1.54) is 6.07 Å². The van der Waals surface area contributed by atoms with Crippen LogP contribution in [0, 0.1) is 24.1 Å². The Balaban J connectivity index is 1.34. The predicted molar refractivity (Wildman–Crippen MR) is 136 cm³/mol. The molecule has 6 heteroatoms. The first-order valence-electron chi connectivity index (χ1n) is 12.5. The normalized spacial score (nSPS) is 21.1. The lowest BCUT2D eigenvalue weighted by molar-refractivity contribution is -0.152. The molecule has 184 valence electrons. The number of rotatable bonds is 7. The van der Waals surface area contributed by atoms with Gasteiger partial charge in [0.2, 0.25) is 0 Å². The van der Waals surface area contributed by atoms with Crippen LogP contribution in [0.1, 0.15) is 70.4 Å². The third-order valence-electron chi connectivity index (χ3n) is 7.63. The number of aliphatic carboxylic acids is 1. The Hall–Kier alpha value is -3.67. The number of aryl methyl sites for hydroxylation is 1. The SMILES string of the molecule is Cc1cc(C2=NCc3ccc(C(=O)CC4CCCC(Cc5ccccc5F)(C(=O)O)C4)cc32)ccn1. The standard InChI is InChI=1S/C30H29FN2O3/c1-19-13-22(10-12-32-19)28-25-15-21(8-9-24(25)18-33-28)27(34)14-20-5-4-11-30(16-20,29(35)36)17-23-6-2-3-7-26(23)31/h2-3,6-10,12-13,15,20H,4-5,11,14,16-18H2,1H3,(H,35,36). The molecule has 0 amide bonds. The van der Waals surface area contributed by atoms with Crippen LogP contribution in [0.3, 0.4) is 0 Å². The number of hydrogen-bond donors (Lipinski definition) is 1. The maximum absolute atomic E-state index is 14.3. The van der Waals surface area contributed by atoms with Gasteiger partial charge < -0.3 is 5.11 Å². The fraction of sp³-hybridized carbons (Fsp3) is 0.333. The van der Waals surface area contributed by atoms with Crippen LogP contribution in [0.4, 0.5) is 4.39 Å². The van der Waals surface area contributed by atoms with Crippen molar-refractivity contribution in [1.82, 2.24) is 4.98 Å². The summed E-state index contributed by atoms with van der Waals surface area (Å²) >= 11 is 0. The lowest BCUT2D eigenvalue weighted by Gasteiger charge is -2.37. The molecule has 5 rings (SSSR count). The van der Waals surface area contributed by atoms with Crippen molar-refractivity contribution in [3.63, 3.8) is 0 Å². The second kappa shape index (κ2) is 9.76. The van der Waals surface area contributed by atoms with Crippen molar-refractivity contribution in [3.8, 4) is 0 Å². The Kier molecular flexibility index (Phi) is 6.52. The van der Waals surface area contributed by atoms with Crippen molar-refractivity contribution in [1.29, 1.82) is 0 Å². The molecule has 1 aliphatic carbocycles. The average Bonchev–Trinajstić information content (AvgIpc) is 3.29. The molecule has 2 aromatic carbocycles. The van der Waals surface area contributed by atoms with E-state index in [-0.39, 0.29) is 30.4 Å². The topological polar surface area (TPSA) is 79.6 Å². The Labute approximate surface area is 210 Å². The summed E-state index contributed by atoms with van der Waals surface area (Å²) in [6.45, 7) is 2.52. The zero-order valence-corrected chi connectivity index (χ0v) is 20.3. The number of aromatic nitrogens is 1. The van der Waals surface area contributed by atoms with Crippen molar-refractivity contribution < 1.29 is 19.1 Å². The molecule has 1 aliphatic heterocycles. The first kappa shape index (κ1) is 24.0. The minimum Gasteiger partial charge on any atom is -0.481 e. The van der Waals surface area contributed by atoms with E-state index in [4.69, 9.17) is 4.99 Å². The fourth-order valence-corrected chi connectivity index (χ4v) is 5.77. The Morgan fingerprint density at radius 2 is 1.97 bits per heavy atom. The molecule has 2 aliphatic rings. The number of aliphatic imine (C=N–C) groups is 1. The van der Waals surface area contributed by atoms with Crippen LogP contribution in [-0.4, -0.2) is 27.6 Å². The van der Waals surface area contributed by atoms with Crippen LogP contribution in [-0.2, 0) is 17.8 Å². The molecular weight excluding hydrogens is 455 g/mol. The lowest BCUT2D eigenvalue weighted by Crippen LogP contribution is -2.39. The van der Waals surface area contributed by atoms with E-state index in [0.717, 1.165) is 34.5 Å². The second-order valence-corrected chi connectivity index (χ2v) is 10.2. The van der Waals surface area contributed by atoms with Gasteiger partial charge in [0.05, 0.1) is 17.7 Å². The van der Waals surface area contributed by atoms with Crippen LogP contribution in [0.25, 0.3) is 0 Å². The number of halogens is 1. The van der Waals surface area contributed by atoms with Gasteiger partial charge in [0.15, 0.2) is 5.78 Å². The van der Waals surface area contributed by atoms with Crippen molar-refractivity contribution in [2.24, 2.45) is 16.3 Å². The van der Waals surface area contributed by atoms with Gasteiger partial charge in [-0.1, -0.05) is 36.8 Å². The van der Waals surface area contributed by atoms with Crippen molar-refractivity contribution in [2.45, 2.75) is 52.0 Å². The maximum Gasteiger partial charge on any atom is 0.309 e. The minimum atomic E-state index is -1.05. The van der Waals surface area contributed by atoms with Crippen LogP contribution in [0.15, 0.2) is 65.8 Å². The maximum atomic E-state index is 14.3.